The molecule has 0 bridgehead atoms. The second kappa shape index (κ2) is 6.19. The second-order valence-electron chi connectivity index (χ2n) is 1.30. The molecule has 0 N–H and O–H groups in total. The summed E-state index contributed by atoms with van der Waals surface area (Å²) in [5.41, 5.74) is 3.94. The quantitative estimate of drug-likeness (QED) is 0.383. The van der Waals surface area contributed by atoms with Crippen molar-refractivity contribution in [1.29, 1.82) is 0 Å². The summed E-state index contributed by atoms with van der Waals surface area (Å²) in [5.74, 6) is 0. The van der Waals surface area contributed by atoms with Crippen molar-refractivity contribution in [2.45, 2.75) is 0 Å². The molecule has 2 radical (unpaired) electrons. The molecule has 0 aromatic heterocycles. The summed E-state index contributed by atoms with van der Waals surface area (Å²) < 4.78 is 3.29. The van der Waals surface area contributed by atoms with E-state index in [1.54, 1.807) is 0 Å². The standard InChI is InChI=1S/C2N2S3.2K/c5-2-1-3-4(6)7-2;;/q-1;;+1. The molecule has 9 heavy (non-hydrogen) atoms. The van der Waals surface area contributed by atoms with Crippen LogP contribution in [0.15, 0.2) is 4.03 Å². The number of hydrogen-bond donors (Lipinski definition) is 0. The molecule has 2 nitrogen and oxygen atoms in total. The molecule has 0 aromatic rings. The van der Waals surface area contributed by atoms with Crippen molar-refractivity contribution in [3.63, 3.8) is 0 Å². The average molecular weight is 226 g/mol. The summed E-state index contributed by atoms with van der Waals surface area (Å²) in [5, 5.41) is 0. The Labute approximate surface area is 146 Å². The van der Waals surface area contributed by atoms with Gasteiger partial charge in [0.05, 0.1) is 0 Å². The zero-order valence-corrected chi connectivity index (χ0v) is 13.8. The van der Waals surface area contributed by atoms with Gasteiger partial charge in [0.15, 0.2) is 0 Å². The van der Waals surface area contributed by atoms with E-state index in [1.807, 2.05) is 0 Å². The van der Waals surface area contributed by atoms with Crippen molar-refractivity contribution in [3.05, 3.63) is 9.45 Å². The fraction of sp³-hybridized carbons (Fsp3) is 0. The van der Waals surface area contributed by atoms with Crippen molar-refractivity contribution in [2.24, 2.45) is 0 Å². The first-order valence-electron chi connectivity index (χ1n) is 1.95. The van der Waals surface area contributed by atoms with E-state index in [0.717, 1.165) is 4.03 Å². The summed E-state index contributed by atoms with van der Waals surface area (Å²) >= 11 is 11.5. The summed E-state index contributed by atoms with van der Waals surface area (Å²) in [6.07, 6.45) is 0. The van der Waals surface area contributed by atoms with Gasteiger partial charge < -0.3 is 0 Å². The number of hydrogen-bond acceptors (Lipinski definition) is 2. The first-order valence-corrected chi connectivity index (χ1v) is 5.06. The van der Waals surface area contributed by atoms with Crippen molar-refractivity contribution in [3.8, 4) is 0 Å². The van der Waals surface area contributed by atoms with Gasteiger partial charge in [0.2, 0.25) is 0 Å². The third-order valence-corrected chi connectivity index (χ3v) is 4.44. The number of nitrogens with zero attached hydrogens (tertiary/aromatic N) is 2. The molecule has 0 amide bonds. The van der Waals surface area contributed by atoms with Gasteiger partial charge in [0.25, 0.3) is 0 Å². The van der Waals surface area contributed by atoms with Gasteiger partial charge in [0, 0.05) is 0 Å². The molecule has 38 valence electrons. The summed E-state index contributed by atoms with van der Waals surface area (Å²) in [6.45, 7) is 0. The zero-order chi connectivity index (χ0) is 6.15. The van der Waals surface area contributed by atoms with Gasteiger partial charge in [-0.1, -0.05) is 0 Å². The molecule has 1 aliphatic rings. The normalized spacial score (nSPS) is 19.4. The SMILES string of the molecule is [K+].[S]C1=[C]([K])[N-]N([S])S1. The molecule has 0 saturated heterocycles. The van der Waals surface area contributed by atoms with E-state index in [4.69, 9.17) is 25.4 Å². The molecule has 1 heterocycles. The van der Waals surface area contributed by atoms with E-state index in [2.05, 4.69) is 5.43 Å². The van der Waals surface area contributed by atoms with Crippen LogP contribution in [0, 0.1) is 0 Å². The maximum atomic E-state index is 4.89. The van der Waals surface area contributed by atoms with E-state index in [0.29, 0.717) is 49.0 Å². The van der Waals surface area contributed by atoms with Crippen molar-refractivity contribution in [2.75, 3.05) is 0 Å². The molecular formula is C2K2N2S3. The Hall–Kier alpha value is 3.69. The van der Waals surface area contributed by atoms with Crippen molar-refractivity contribution in [1.82, 2.24) is 3.82 Å². The minimum absolute atomic E-state index is 0. The van der Waals surface area contributed by atoms with Gasteiger partial charge in [-0.05, 0) is 0 Å². The van der Waals surface area contributed by atoms with Crippen molar-refractivity contribution >= 4 is 86.3 Å². The van der Waals surface area contributed by atoms with Gasteiger partial charge in [0.1, 0.15) is 0 Å². The van der Waals surface area contributed by atoms with Crippen LogP contribution in [0.25, 0.3) is 5.43 Å². The molecule has 0 aliphatic carbocycles. The van der Waals surface area contributed by atoms with Crippen LogP contribution in [0.3, 0.4) is 0 Å². The van der Waals surface area contributed by atoms with Gasteiger partial charge in [-0.2, -0.15) is 0 Å². The molecule has 1 rings (SSSR count). The topological polar surface area (TPSA) is 17.3 Å². The fourth-order valence-electron chi connectivity index (χ4n) is 0.321. The van der Waals surface area contributed by atoms with E-state index < -0.39 is 0 Å². The van der Waals surface area contributed by atoms with E-state index in [1.165, 1.54) is 15.8 Å². The van der Waals surface area contributed by atoms with Crippen LogP contribution in [0.1, 0.15) is 0 Å². The van der Waals surface area contributed by atoms with Crippen LogP contribution in [0.4, 0.5) is 0 Å². The fourth-order valence-corrected chi connectivity index (χ4v) is 2.73. The Kier molecular flexibility index (Phi) is 8.73. The third kappa shape index (κ3) is 4.46. The zero-order valence-electron chi connectivity index (χ0n) is 5.12. The molecule has 7 heteroatoms. The van der Waals surface area contributed by atoms with Crippen LogP contribution in [0.2, 0.25) is 0 Å². The van der Waals surface area contributed by atoms with E-state index in [9.17, 15) is 0 Å². The van der Waals surface area contributed by atoms with E-state index in [-0.39, 0.29) is 51.4 Å². The summed E-state index contributed by atoms with van der Waals surface area (Å²) in [4.78, 5) is 0. The maximum absolute atomic E-state index is 4.89. The Morgan fingerprint density at radius 1 is 1.67 bits per heavy atom. The van der Waals surface area contributed by atoms with Gasteiger partial charge in [-0.15, -0.1) is 0 Å². The van der Waals surface area contributed by atoms with Gasteiger partial charge in [-0.3, -0.25) is 0 Å². The van der Waals surface area contributed by atoms with E-state index >= 15 is 0 Å². The van der Waals surface area contributed by atoms with Crippen LogP contribution in [-0.2, 0) is 0 Å². The first-order chi connectivity index (χ1) is 3.70. The molecule has 0 atom stereocenters. The third-order valence-electron chi connectivity index (χ3n) is 0.688. The molecule has 1 aliphatic heterocycles. The summed E-state index contributed by atoms with van der Waals surface area (Å²) in [6, 6.07) is 0. The second-order valence-corrected chi connectivity index (χ2v) is 4.96. The monoisotopic (exact) mass is 226 g/mol. The summed E-state index contributed by atoms with van der Waals surface area (Å²) in [7, 11) is 0. The van der Waals surface area contributed by atoms with Crippen molar-refractivity contribution < 1.29 is 51.4 Å². The Balaban J connectivity index is 0.000000640. The van der Waals surface area contributed by atoms with Gasteiger partial charge in [-0.25, -0.2) is 0 Å². The predicted molar refractivity (Wildman–Crippen MR) is 40.8 cm³/mol. The van der Waals surface area contributed by atoms with Crippen LogP contribution >= 0.6 is 37.4 Å². The molecule has 0 spiro atoms. The van der Waals surface area contributed by atoms with Crippen LogP contribution < -0.4 is 51.4 Å². The predicted octanol–water partition coefficient (Wildman–Crippen LogP) is -1.15. The molecular weight excluding hydrogens is 226 g/mol. The van der Waals surface area contributed by atoms with Gasteiger partial charge >= 0.3 is 151 Å². The Morgan fingerprint density at radius 3 is 2.33 bits per heavy atom. The number of rotatable bonds is 0. The molecule has 0 saturated carbocycles. The Bertz CT molecular complexity index is 124. The first kappa shape index (κ1) is 12.7. The minimum atomic E-state index is 0. The van der Waals surface area contributed by atoms with Crippen LogP contribution in [-0.4, -0.2) is 52.8 Å². The average Bonchev–Trinajstić information content (AvgIpc) is 1.85. The molecule has 0 unspecified atom stereocenters. The molecule has 0 aromatic carbocycles. The Morgan fingerprint density at radius 2 is 2.22 bits per heavy atom. The molecule has 0 fully saturated rings. The van der Waals surface area contributed by atoms with Crippen LogP contribution in [0.5, 0.6) is 0 Å².